The van der Waals surface area contributed by atoms with Crippen LogP contribution < -0.4 is 5.32 Å². The molecule has 1 fully saturated rings. The number of nitrogens with one attached hydrogen (secondary N) is 1. The van der Waals surface area contributed by atoms with Crippen LogP contribution in [-0.4, -0.2) is 25.7 Å². The zero-order valence-electron chi connectivity index (χ0n) is 9.50. The highest BCUT2D eigenvalue weighted by atomic mass is 16.5. The molecule has 1 unspecified atom stereocenters. The summed E-state index contributed by atoms with van der Waals surface area (Å²) in [5.41, 5.74) is 0. The Bertz CT molecular complexity index is 210. The van der Waals surface area contributed by atoms with Crippen LogP contribution in [0.1, 0.15) is 32.1 Å². The molecule has 15 heavy (non-hydrogen) atoms. The molecule has 0 radical (unpaired) electrons. The highest BCUT2D eigenvalue weighted by Gasteiger charge is 2.29. The Labute approximate surface area is 91.9 Å². The third-order valence-electron chi connectivity index (χ3n) is 3.06. The predicted octanol–water partition coefficient (Wildman–Crippen LogP) is 1.88. The van der Waals surface area contributed by atoms with Crippen molar-refractivity contribution in [2.24, 2.45) is 5.92 Å². The highest BCUT2D eigenvalue weighted by Crippen LogP contribution is 2.26. The largest absolute Gasteiger partial charge is 0.468 e. The number of carbonyl (C=O) groups is 1. The lowest BCUT2D eigenvalue weighted by atomic mass is 9.84. The van der Waals surface area contributed by atoms with Crippen LogP contribution in [0.25, 0.3) is 0 Å². The average molecular weight is 211 g/mol. The van der Waals surface area contributed by atoms with Gasteiger partial charge >= 0.3 is 5.97 Å². The smallest absolute Gasteiger partial charge is 0.323 e. The van der Waals surface area contributed by atoms with Crippen LogP contribution in [0.2, 0.25) is 0 Å². The van der Waals surface area contributed by atoms with Crippen LogP contribution >= 0.6 is 0 Å². The van der Waals surface area contributed by atoms with Crippen molar-refractivity contribution in [3.63, 3.8) is 0 Å². The Morgan fingerprint density at radius 3 is 2.73 bits per heavy atom. The molecular formula is C12H21NO2. The molecule has 1 saturated carbocycles. The molecule has 3 heteroatoms. The minimum atomic E-state index is -0.145. The van der Waals surface area contributed by atoms with E-state index < -0.39 is 0 Å². The molecule has 1 N–H and O–H groups in total. The van der Waals surface area contributed by atoms with E-state index in [-0.39, 0.29) is 12.0 Å². The van der Waals surface area contributed by atoms with Crippen molar-refractivity contribution in [1.29, 1.82) is 0 Å². The SMILES string of the molecule is C=CCNC(C(=O)OC)C1CCCCC1. The fourth-order valence-electron chi connectivity index (χ4n) is 2.25. The van der Waals surface area contributed by atoms with Crippen molar-refractivity contribution < 1.29 is 9.53 Å². The normalized spacial score (nSPS) is 19.5. The Balaban J connectivity index is 2.52. The molecule has 0 aromatic rings. The van der Waals surface area contributed by atoms with Crippen LogP contribution in [0.15, 0.2) is 12.7 Å². The van der Waals surface area contributed by atoms with Gasteiger partial charge in [0.25, 0.3) is 0 Å². The molecule has 0 aliphatic heterocycles. The zero-order valence-corrected chi connectivity index (χ0v) is 9.50. The molecule has 1 aliphatic rings. The summed E-state index contributed by atoms with van der Waals surface area (Å²) in [5.74, 6) is 0.301. The van der Waals surface area contributed by atoms with Gasteiger partial charge in [0.05, 0.1) is 7.11 Å². The van der Waals surface area contributed by atoms with E-state index in [1.807, 2.05) is 0 Å². The standard InChI is InChI=1S/C12H21NO2/c1-3-9-13-11(12(14)15-2)10-7-5-4-6-8-10/h3,10-11,13H,1,4-9H2,2H3. The van der Waals surface area contributed by atoms with E-state index in [1.54, 1.807) is 6.08 Å². The van der Waals surface area contributed by atoms with Gasteiger partial charge in [-0.2, -0.15) is 0 Å². The summed E-state index contributed by atoms with van der Waals surface area (Å²) in [6, 6.07) is -0.145. The van der Waals surface area contributed by atoms with Crippen LogP contribution in [0.3, 0.4) is 0 Å². The second kappa shape index (κ2) is 6.62. The molecular weight excluding hydrogens is 190 g/mol. The molecule has 0 aromatic carbocycles. The van der Waals surface area contributed by atoms with E-state index in [9.17, 15) is 4.79 Å². The summed E-state index contributed by atoms with van der Waals surface area (Å²) in [4.78, 5) is 11.6. The van der Waals surface area contributed by atoms with Crippen molar-refractivity contribution in [2.75, 3.05) is 13.7 Å². The molecule has 0 saturated heterocycles. The molecule has 0 heterocycles. The first kappa shape index (κ1) is 12.2. The Kier molecular flexibility index (Phi) is 5.40. The third-order valence-corrected chi connectivity index (χ3v) is 3.06. The van der Waals surface area contributed by atoms with Gasteiger partial charge in [-0.05, 0) is 18.8 Å². The highest BCUT2D eigenvalue weighted by molar-refractivity contribution is 5.76. The summed E-state index contributed by atoms with van der Waals surface area (Å²) in [7, 11) is 1.45. The molecule has 0 amide bonds. The fourth-order valence-corrected chi connectivity index (χ4v) is 2.25. The number of ether oxygens (including phenoxy) is 1. The van der Waals surface area contributed by atoms with Gasteiger partial charge in [-0.15, -0.1) is 6.58 Å². The van der Waals surface area contributed by atoms with Gasteiger partial charge in [0, 0.05) is 6.54 Å². The minimum absolute atomic E-state index is 0.135. The lowest BCUT2D eigenvalue weighted by Gasteiger charge is -2.28. The number of esters is 1. The van der Waals surface area contributed by atoms with E-state index in [4.69, 9.17) is 4.74 Å². The maximum absolute atomic E-state index is 11.6. The summed E-state index contributed by atoms with van der Waals surface area (Å²) < 4.78 is 4.83. The Morgan fingerprint density at radius 2 is 2.20 bits per heavy atom. The van der Waals surface area contributed by atoms with Crippen LogP contribution in [0.5, 0.6) is 0 Å². The molecule has 3 nitrogen and oxygen atoms in total. The molecule has 1 aliphatic carbocycles. The van der Waals surface area contributed by atoms with Gasteiger partial charge < -0.3 is 10.1 Å². The third kappa shape index (κ3) is 3.67. The number of hydrogen-bond acceptors (Lipinski definition) is 3. The first-order valence-electron chi connectivity index (χ1n) is 5.71. The van der Waals surface area contributed by atoms with Crippen molar-refractivity contribution >= 4 is 5.97 Å². The van der Waals surface area contributed by atoms with E-state index in [2.05, 4.69) is 11.9 Å². The number of hydrogen-bond donors (Lipinski definition) is 1. The van der Waals surface area contributed by atoms with Gasteiger partial charge in [-0.1, -0.05) is 25.3 Å². The molecule has 1 atom stereocenters. The maximum atomic E-state index is 11.6. The Morgan fingerprint density at radius 1 is 1.53 bits per heavy atom. The summed E-state index contributed by atoms with van der Waals surface area (Å²) in [6.07, 6.45) is 7.79. The topological polar surface area (TPSA) is 38.3 Å². The molecule has 86 valence electrons. The second-order valence-electron chi connectivity index (χ2n) is 4.10. The van der Waals surface area contributed by atoms with Gasteiger partial charge in [0.1, 0.15) is 6.04 Å². The number of methoxy groups -OCH3 is 1. The number of rotatable bonds is 5. The maximum Gasteiger partial charge on any atom is 0.323 e. The van der Waals surface area contributed by atoms with E-state index in [1.165, 1.54) is 26.4 Å². The van der Waals surface area contributed by atoms with Gasteiger partial charge in [-0.25, -0.2) is 0 Å². The summed E-state index contributed by atoms with van der Waals surface area (Å²) >= 11 is 0. The van der Waals surface area contributed by atoms with E-state index in [0.29, 0.717) is 12.5 Å². The van der Waals surface area contributed by atoms with Crippen molar-refractivity contribution in [3.05, 3.63) is 12.7 Å². The molecule has 0 aromatic heterocycles. The summed E-state index contributed by atoms with van der Waals surface area (Å²) in [5, 5.41) is 3.20. The summed E-state index contributed by atoms with van der Waals surface area (Å²) in [6.45, 7) is 4.31. The first-order valence-corrected chi connectivity index (χ1v) is 5.71. The zero-order chi connectivity index (χ0) is 11.1. The predicted molar refractivity (Wildman–Crippen MR) is 60.6 cm³/mol. The Hall–Kier alpha value is -0.830. The number of carbonyl (C=O) groups excluding carboxylic acids is 1. The van der Waals surface area contributed by atoms with Crippen LogP contribution in [-0.2, 0) is 9.53 Å². The van der Waals surface area contributed by atoms with Crippen molar-refractivity contribution in [3.8, 4) is 0 Å². The first-order chi connectivity index (χ1) is 7.29. The second-order valence-corrected chi connectivity index (χ2v) is 4.10. The average Bonchev–Trinajstić information content (AvgIpc) is 2.30. The van der Waals surface area contributed by atoms with Gasteiger partial charge in [0.15, 0.2) is 0 Å². The lowest BCUT2D eigenvalue weighted by molar-refractivity contribution is -0.145. The van der Waals surface area contributed by atoms with E-state index >= 15 is 0 Å². The van der Waals surface area contributed by atoms with Crippen molar-refractivity contribution in [2.45, 2.75) is 38.1 Å². The van der Waals surface area contributed by atoms with Crippen LogP contribution in [0, 0.1) is 5.92 Å². The minimum Gasteiger partial charge on any atom is -0.468 e. The lowest BCUT2D eigenvalue weighted by Crippen LogP contribution is -2.44. The van der Waals surface area contributed by atoms with Gasteiger partial charge in [-0.3, -0.25) is 4.79 Å². The van der Waals surface area contributed by atoms with Crippen molar-refractivity contribution in [1.82, 2.24) is 5.32 Å². The monoisotopic (exact) mass is 211 g/mol. The quantitative estimate of drug-likeness (QED) is 0.557. The molecule has 0 spiro atoms. The molecule has 0 bridgehead atoms. The van der Waals surface area contributed by atoms with E-state index in [0.717, 1.165) is 12.8 Å². The molecule has 1 rings (SSSR count). The van der Waals surface area contributed by atoms with Gasteiger partial charge in [0.2, 0.25) is 0 Å². The fraction of sp³-hybridized carbons (Fsp3) is 0.750. The van der Waals surface area contributed by atoms with Crippen LogP contribution in [0.4, 0.5) is 0 Å².